The average Bonchev–Trinajstić information content (AvgIpc) is 3.52. The first-order valence-corrected chi connectivity index (χ1v) is 18.3. The number of fused-ring (bicyclic) bond motifs is 4. The number of benzene rings is 4. The molecule has 256 valence electrons. The Labute approximate surface area is 310 Å². The third-order valence-electron chi connectivity index (χ3n) is 11.3. The van der Waals surface area contributed by atoms with Gasteiger partial charge in [-0.15, -0.1) is 6.58 Å². The Morgan fingerprint density at radius 3 is 2.31 bits per heavy atom. The van der Waals surface area contributed by atoms with Gasteiger partial charge in [0.05, 0.1) is 34.5 Å². The second-order valence-corrected chi connectivity index (χ2v) is 15.2. The molecule has 4 aliphatic rings. The molecule has 3 fully saturated rings. The number of nitrogens with zero attached hydrogens (tertiary/aromatic N) is 2. The fourth-order valence-electron chi connectivity index (χ4n) is 9.10. The van der Waals surface area contributed by atoms with Crippen molar-refractivity contribution in [1.82, 2.24) is 5.01 Å². The smallest absolute Gasteiger partial charge is 0.260 e. The van der Waals surface area contributed by atoms with Gasteiger partial charge >= 0.3 is 0 Å². The number of aryl methyl sites for hydroxylation is 1. The molecule has 0 aromatic heterocycles. The fraction of sp³-hybridized carbons (Fsp3) is 0.238. The molecule has 9 heteroatoms. The number of imide groups is 2. The quantitative estimate of drug-likeness (QED) is 0.116. The van der Waals surface area contributed by atoms with E-state index >= 15 is 4.79 Å². The second kappa shape index (κ2) is 12.6. The number of hydrogen-bond donors (Lipinski definition) is 2. The molecule has 4 aromatic carbocycles. The van der Waals surface area contributed by atoms with E-state index in [4.69, 9.17) is 0 Å². The number of para-hydroxylation sites is 1. The number of amides is 4. The number of rotatable bonds is 7. The van der Waals surface area contributed by atoms with Crippen LogP contribution >= 0.6 is 22.6 Å². The van der Waals surface area contributed by atoms with Crippen LogP contribution in [0.5, 0.6) is 5.75 Å². The minimum Gasteiger partial charge on any atom is -0.507 e. The highest BCUT2D eigenvalue weighted by atomic mass is 127. The molecule has 51 heavy (non-hydrogen) atoms. The molecule has 8 nitrogen and oxygen atoms in total. The lowest BCUT2D eigenvalue weighted by molar-refractivity contribution is -0.138. The Hall–Kier alpha value is -5.03. The summed E-state index contributed by atoms with van der Waals surface area (Å²) >= 11 is 2.19. The predicted molar refractivity (Wildman–Crippen MR) is 202 cm³/mol. The van der Waals surface area contributed by atoms with E-state index in [9.17, 15) is 19.5 Å². The Morgan fingerprint density at radius 1 is 0.882 bits per heavy atom. The zero-order chi connectivity index (χ0) is 35.6. The molecule has 0 bridgehead atoms. The Balaban J connectivity index is 1.34. The van der Waals surface area contributed by atoms with Gasteiger partial charge in [0.1, 0.15) is 5.75 Å². The fourth-order valence-corrected chi connectivity index (χ4v) is 9.46. The molecular formula is C42H36IN3O5. The van der Waals surface area contributed by atoms with Crippen LogP contribution in [-0.2, 0) is 31.0 Å². The van der Waals surface area contributed by atoms with Gasteiger partial charge in [-0.2, -0.15) is 5.01 Å². The Kier molecular flexibility index (Phi) is 8.21. The lowest BCUT2D eigenvalue weighted by Gasteiger charge is -2.50. The molecule has 2 heterocycles. The summed E-state index contributed by atoms with van der Waals surface area (Å²) in [4.78, 5) is 60.0. The van der Waals surface area contributed by atoms with Gasteiger partial charge in [0, 0.05) is 15.1 Å². The lowest BCUT2D eigenvalue weighted by atomic mass is 9.49. The summed E-state index contributed by atoms with van der Waals surface area (Å²) in [6, 6.07) is 29.6. The highest BCUT2D eigenvalue weighted by molar-refractivity contribution is 14.1. The molecule has 2 N–H and O–H groups in total. The van der Waals surface area contributed by atoms with Crippen LogP contribution in [0.4, 0.5) is 11.4 Å². The standard InChI is InChI=1S/C42H36IN3O5/c1-3-8-25-9-7-12-32(37(25)47)36-30-21-22-31-35(40(50)45(38(31)48)29-19-15-27(43)16-20-29)33(30)23-34-39(49)46(44-28-17-13-24(2)14-18-28)41(51)42(34,36)26-10-5-4-6-11-26/h3-7,9-21,31,33-36,44,47H,1,8,22-23H2,2H3. The Bertz CT molecular complexity index is 2130. The van der Waals surface area contributed by atoms with E-state index in [0.717, 1.165) is 19.7 Å². The third kappa shape index (κ3) is 4.99. The van der Waals surface area contributed by atoms with Gasteiger partial charge in [-0.25, -0.2) is 0 Å². The van der Waals surface area contributed by atoms with Gasteiger partial charge in [0.15, 0.2) is 0 Å². The number of anilines is 2. The summed E-state index contributed by atoms with van der Waals surface area (Å²) in [7, 11) is 0. The molecule has 2 saturated heterocycles. The van der Waals surface area contributed by atoms with Gasteiger partial charge in [-0.1, -0.05) is 84.0 Å². The van der Waals surface area contributed by atoms with E-state index in [1.807, 2.05) is 97.9 Å². The highest BCUT2D eigenvalue weighted by Crippen LogP contribution is 2.65. The van der Waals surface area contributed by atoms with Crippen LogP contribution in [0.3, 0.4) is 0 Å². The topological polar surface area (TPSA) is 107 Å². The average molecular weight is 790 g/mol. The number of hydrogen-bond acceptors (Lipinski definition) is 6. The summed E-state index contributed by atoms with van der Waals surface area (Å²) in [5, 5.41) is 13.1. The first-order chi connectivity index (χ1) is 24.7. The molecule has 6 unspecified atom stereocenters. The Morgan fingerprint density at radius 2 is 1.61 bits per heavy atom. The summed E-state index contributed by atoms with van der Waals surface area (Å²) < 4.78 is 0.982. The van der Waals surface area contributed by atoms with Crippen molar-refractivity contribution in [2.45, 2.75) is 37.5 Å². The highest BCUT2D eigenvalue weighted by Gasteiger charge is 2.70. The molecule has 8 rings (SSSR count). The van der Waals surface area contributed by atoms with Crippen molar-refractivity contribution in [1.29, 1.82) is 0 Å². The van der Waals surface area contributed by atoms with Gasteiger partial charge in [0.2, 0.25) is 11.8 Å². The van der Waals surface area contributed by atoms with Crippen molar-refractivity contribution >= 4 is 57.6 Å². The number of allylic oxidation sites excluding steroid dienone is 3. The monoisotopic (exact) mass is 789 g/mol. The van der Waals surface area contributed by atoms with Gasteiger partial charge in [-0.3, -0.25) is 29.5 Å². The second-order valence-electron chi connectivity index (χ2n) is 13.9. The summed E-state index contributed by atoms with van der Waals surface area (Å²) in [5.41, 5.74) is 6.38. The number of aromatic hydroxyl groups is 1. The van der Waals surface area contributed by atoms with Crippen molar-refractivity contribution in [3.8, 4) is 5.75 Å². The molecule has 0 spiro atoms. The van der Waals surface area contributed by atoms with E-state index in [1.165, 1.54) is 4.90 Å². The minimum absolute atomic E-state index is 0.0275. The van der Waals surface area contributed by atoms with Crippen LogP contribution in [0.25, 0.3) is 0 Å². The van der Waals surface area contributed by atoms with Gasteiger partial charge in [0.25, 0.3) is 11.8 Å². The lowest BCUT2D eigenvalue weighted by Crippen LogP contribution is -2.53. The van der Waals surface area contributed by atoms with E-state index in [2.05, 4.69) is 34.6 Å². The molecule has 4 aromatic rings. The van der Waals surface area contributed by atoms with Crippen LogP contribution in [0.2, 0.25) is 0 Å². The van der Waals surface area contributed by atoms with E-state index in [0.29, 0.717) is 40.9 Å². The van der Waals surface area contributed by atoms with Crippen molar-refractivity contribution in [2.75, 3.05) is 10.3 Å². The zero-order valence-electron chi connectivity index (χ0n) is 28.0. The van der Waals surface area contributed by atoms with E-state index in [-0.39, 0.29) is 24.0 Å². The maximum atomic E-state index is 15.3. The SMILES string of the molecule is C=CCc1cccc(C2C3=CCC4C(=O)N(c5ccc(I)cc5)C(=O)C4C3CC3C(=O)N(Nc4ccc(C)cc4)C(=O)C32c2ccccc2)c1O. The number of halogens is 1. The molecule has 4 amide bonds. The van der Waals surface area contributed by atoms with E-state index < -0.39 is 46.8 Å². The predicted octanol–water partition coefficient (Wildman–Crippen LogP) is 7.22. The van der Waals surface area contributed by atoms with Crippen molar-refractivity contribution in [2.24, 2.45) is 23.7 Å². The van der Waals surface area contributed by atoms with E-state index in [1.54, 1.807) is 18.2 Å². The molecule has 6 atom stereocenters. The van der Waals surface area contributed by atoms with Crippen LogP contribution in [0.15, 0.2) is 121 Å². The first kappa shape index (κ1) is 33.1. The number of carbonyl (C=O) groups excluding carboxylic acids is 4. The van der Waals surface area contributed by atoms with Crippen molar-refractivity contribution in [3.05, 3.63) is 147 Å². The number of phenolic OH excluding ortho intramolecular Hbond substituents is 1. The molecular weight excluding hydrogens is 753 g/mol. The number of nitrogens with one attached hydrogen (secondary N) is 1. The van der Waals surface area contributed by atoms with Crippen molar-refractivity contribution in [3.63, 3.8) is 0 Å². The molecule has 0 radical (unpaired) electrons. The van der Waals surface area contributed by atoms with Crippen LogP contribution in [-0.4, -0.2) is 33.7 Å². The summed E-state index contributed by atoms with van der Waals surface area (Å²) in [5.74, 6) is -4.96. The molecule has 1 saturated carbocycles. The van der Waals surface area contributed by atoms with Gasteiger partial charge in [-0.05, 0) is 102 Å². The number of carbonyl (C=O) groups is 4. The minimum atomic E-state index is -1.46. The molecule has 2 aliphatic heterocycles. The van der Waals surface area contributed by atoms with Crippen molar-refractivity contribution < 1.29 is 24.3 Å². The van der Waals surface area contributed by atoms with Gasteiger partial charge < -0.3 is 5.11 Å². The maximum Gasteiger partial charge on any atom is 0.260 e. The molecule has 2 aliphatic carbocycles. The largest absolute Gasteiger partial charge is 0.507 e. The van der Waals surface area contributed by atoms with Crippen LogP contribution in [0, 0.1) is 34.2 Å². The van der Waals surface area contributed by atoms with Crippen LogP contribution in [0.1, 0.15) is 41.0 Å². The number of hydrazine groups is 1. The maximum absolute atomic E-state index is 15.3. The van der Waals surface area contributed by atoms with Crippen LogP contribution < -0.4 is 10.3 Å². The summed E-state index contributed by atoms with van der Waals surface area (Å²) in [6.45, 7) is 5.84. The summed E-state index contributed by atoms with van der Waals surface area (Å²) in [6.07, 6.45) is 4.60. The first-order valence-electron chi connectivity index (χ1n) is 17.2. The normalized spacial score (nSPS) is 26.8. The number of phenols is 1. The third-order valence-corrected chi connectivity index (χ3v) is 12.0. The zero-order valence-corrected chi connectivity index (χ0v) is 30.1.